The molecule has 2 rings (SSSR count). The van der Waals surface area contributed by atoms with Gasteiger partial charge in [-0.3, -0.25) is 0 Å². The minimum atomic E-state index is 0.574. The van der Waals surface area contributed by atoms with E-state index in [4.69, 9.17) is 17.4 Å². The predicted octanol–water partition coefficient (Wildman–Crippen LogP) is 2.78. The molecule has 0 atom stereocenters. The number of nitrogen functional groups attached to an aromatic ring is 1. The number of nitrogens with zero attached hydrogens (tertiary/aromatic N) is 1. The molecule has 3 nitrogen and oxygen atoms in total. The minimum Gasteiger partial charge on any atom is -0.308 e. The maximum Gasteiger partial charge on any atom is 0.142 e. The Labute approximate surface area is 99.8 Å². The summed E-state index contributed by atoms with van der Waals surface area (Å²) in [4.78, 5) is 4.29. The van der Waals surface area contributed by atoms with Gasteiger partial charge in [0.1, 0.15) is 5.82 Å². The zero-order valence-corrected chi connectivity index (χ0v) is 10.0. The van der Waals surface area contributed by atoms with Crippen LogP contribution < -0.4 is 11.3 Å². The molecule has 0 aliphatic carbocycles. The summed E-state index contributed by atoms with van der Waals surface area (Å²) in [7, 11) is 0. The molecule has 72 valence electrons. The monoisotopic (exact) mass is 319 g/mol. The first-order valence-corrected chi connectivity index (χ1v) is 5.39. The lowest BCUT2D eigenvalue weighted by molar-refractivity contribution is 1.26. The fourth-order valence-electron chi connectivity index (χ4n) is 1.23. The summed E-state index contributed by atoms with van der Waals surface area (Å²) < 4.78 is 1.12. The highest BCUT2D eigenvalue weighted by Gasteiger charge is 2.03. The number of rotatable bonds is 1. The van der Waals surface area contributed by atoms with Crippen molar-refractivity contribution in [1.82, 2.24) is 4.98 Å². The second kappa shape index (κ2) is 3.88. The zero-order valence-electron chi connectivity index (χ0n) is 7.09. The first-order chi connectivity index (χ1) is 6.70. The number of benzene rings is 1. The molecule has 2 aromatic rings. The quantitative estimate of drug-likeness (QED) is 0.483. The van der Waals surface area contributed by atoms with E-state index in [0.29, 0.717) is 10.8 Å². The zero-order chi connectivity index (χ0) is 10.1. The maximum absolute atomic E-state index is 6.06. The van der Waals surface area contributed by atoms with Crippen LogP contribution in [-0.2, 0) is 0 Å². The lowest BCUT2D eigenvalue weighted by Gasteiger charge is -2.04. The SMILES string of the molecule is NNc1cc(Cl)c2ccc(I)cc2n1. The highest BCUT2D eigenvalue weighted by molar-refractivity contribution is 14.1. The Balaban J connectivity index is 2.77. The third kappa shape index (κ3) is 1.77. The van der Waals surface area contributed by atoms with Gasteiger partial charge < -0.3 is 5.43 Å². The number of nitrogens with one attached hydrogen (secondary N) is 1. The van der Waals surface area contributed by atoms with Crippen LogP contribution >= 0.6 is 34.2 Å². The number of hydrogen-bond acceptors (Lipinski definition) is 3. The van der Waals surface area contributed by atoms with Crippen molar-refractivity contribution in [2.75, 3.05) is 5.43 Å². The molecule has 0 radical (unpaired) electrons. The Hall–Kier alpha value is -0.590. The van der Waals surface area contributed by atoms with Gasteiger partial charge in [-0.05, 0) is 34.7 Å². The molecule has 0 amide bonds. The average Bonchev–Trinajstić information content (AvgIpc) is 2.16. The van der Waals surface area contributed by atoms with Crippen molar-refractivity contribution in [2.45, 2.75) is 0 Å². The van der Waals surface area contributed by atoms with Gasteiger partial charge in [0.2, 0.25) is 0 Å². The van der Waals surface area contributed by atoms with E-state index < -0.39 is 0 Å². The van der Waals surface area contributed by atoms with Gasteiger partial charge >= 0.3 is 0 Å². The van der Waals surface area contributed by atoms with Gasteiger partial charge in [0.15, 0.2) is 0 Å². The van der Waals surface area contributed by atoms with Gasteiger partial charge in [-0.25, -0.2) is 10.8 Å². The lowest BCUT2D eigenvalue weighted by Crippen LogP contribution is -2.08. The van der Waals surface area contributed by atoms with Crippen LogP contribution in [0.1, 0.15) is 0 Å². The van der Waals surface area contributed by atoms with E-state index >= 15 is 0 Å². The van der Waals surface area contributed by atoms with Crippen LogP contribution in [0.5, 0.6) is 0 Å². The second-order valence-electron chi connectivity index (χ2n) is 2.80. The Morgan fingerprint density at radius 3 is 2.86 bits per heavy atom. The van der Waals surface area contributed by atoms with Gasteiger partial charge in [0.25, 0.3) is 0 Å². The number of hydrazine groups is 1. The molecule has 1 heterocycles. The molecule has 0 saturated heterocycles. The third-order valence-electron chi connectivity index (χ3n) is 1.87. The van der Waals surface area contributed by atoms with E-state index in [-0.39, 0.29) is 0 Å². The summed E-state index contributed by atoms with van der Waals surface area (Å²) in [5, 5.41) is 1.59. The molecule has 5 heteroatoms. The fraction of sp³-hybridized carbons (Fsp3) is 0. The summed E-state index contributed by atoms with van der Waals surface area (Å²) >= 11 is 8.28. The Morgan fingerprint density at radius 1 is 1.36 bits per heavy atom. The summed E-state index contributed by atoms with van der Waals surface area (Å²) in [5.74, 6) is 5.85. The predicted molar refractivity (Wildman–Crippen MR) is 67.3 cm³/mol. The number of aromatic nitrogens is 1. The van der Waals surface area contributed by atoms with Crippen LogP contribution in [0.25, 0.3) is 10.9 Å². The van der Waals surface area contributed by atoms with E-state index in [1.165, 1.54) is 0 Å². The number of halogens is 2. The van der Waals surface area contributed by atoms with E-state index in [2.05, 4.69) is 33.0 Å². The smallest absolute Gasteiger partial charge is 0.142 e. The number of fused-ring (bicyclic) bond motifs is 1. The molecule has 0 unspecified atom stereocenters. The number of pyridine rings is 1. The van der Waals surface area contributed by atoms with Crippen LogP contribution in [0, 0.1) is 3.57 Å². The Morgan fingerprint density at radius 2 is 2.14 bits per heavy atom. The largest absolute Gasteiger partial charge is 0.308 e. The molecule has 0 aliphatic heterocycles. The Kier molecular flexibility index (Phi) is 2.76. The van der Waals surface area contributed by atoms with Crippen LogP contribution in [0.2, 0.25) is 5.02 Å². The average molecular weight is 320 g/mol. The van der Waals surface area contributed by atoms with Gasteiger partial charge in [0, 0.05) is 15.0 Å². The van der Waals surface area contributed by atoms with Crippen LogP contribution in [0.15, 0.2) is 24.3 Å². The van der Waals surface area contributed by atoms with Crippen molar-refractivity contribution in [1.29, 1.82) is 0 Å². The highest BCUT2D eigenvalue weighted by atomic mass is 127. The van der Waals surface area contributed by atoms with Crippen LogP contribution in [0.4, 0.5) is 5.82 Å². The van der Waals surface area contributed by atoms with Gasteiger partial charge in [-0.2, -0.15) is 0 Å². The van der Waals surface area contributed by atoms with Crippen molar-refractivity contribution < 1.29 is 0 Å². The molecule has 1 aromatic heterocycles. The van der Waals surface area contributed by atoms with E-state index in [0.717, 1.165) is 14.5 Å². The topological polar surface area (TPSA) is 50.9 Å². The summed E-state index contributed by atoms with van der Waals surface area (Å²) in [6, 6.07) is 7.61. The van der Waals surface area contributed by atoms with Crippen molar-refractivity contribution in [2.24, 2.45) is 5.84 Å². The lowest BCUT2D eigenvalue weighted by atomic mass is 10.2. The maximum atomic E-state index is 6.06. The summed E-state index contributed by atoms with van der Waals surface area (Å²) in [6.45, 7) is 0. The van der Waals surface area contributed by atoms with E-state index in [1.54, 1.807) is 6.07 Å². The van der Waals surface area contributed by atoms with Crippen molar-refractivity contribution in [3.63, 3.8) is 0 Å². The molecular formula is C9H7ClIN3. The Bertz CT molecular complexity index is 487. The molecule has 0 spiro atoms. The molecule has 14 heavy (non-hydrogen) atoms. The van der Waals surface area contributed by atoms with Gasteiger partial charge in [0.05, 0.1) is 10.5 Å². The number of hydrogen-bond donors (Lipinski definition) is 2. The minimum absolute atomic E-state index is 0.574. The summed E-state index contributed by atoms with van der Waals surface area (Å²) in [6.07, 6.45) is 0. The number of nitrogens with two attached hydrogens (primary N) is 1. The molecule has 0 aliphatic rings. The molecule has 1 aromatic carbocycles. The normalized spacial score (nSPS) is 10.5. The molecule has 0 saturated carbocycles. The highest BCUT2D eigenvalue weighted by Crippen LogP contribution is 2.25. The second-order valence-corrected chi connectivity index (χ2v) is 4.45. The van der Waals surface area contributed by atoms with Crippen molar-refractivity contribution >= 4 is 50.9 Å². The van der Waals surface area contributed by atoms with Gasteiger partial charge in [-0.15, -0.1) is 0 Å². The van der Waals surface area contributed by atoms with E-state index in [9.17, 15) is 0 Å². The van der Waals surface area contributed by atoms with E-state index in [1.807, 2.05) is 18.2 Å². The third-order valence-corrected chi connectivity index (χ3v) is 2.85. The standard InChI is InChI=1S/C9H7ClIN3/c10-7-4-9(14-12)13-8-3-5(11)1-2-6(7)8/h1-4H,12H2,(H,13,14). The number of anilines is 1. The molecular weight excluding hydrogens is 312 g/mol. The molecule has 0 bridgehead atoms. The van der Waals surface area contributed by atoms with Crippen molar-refractivity contribution in [3.05, 3.63) is 32.9 Å². The van der Waals surface area contributed by atoms with Crippen LogP contribution in [-0.4, -0.2) is 4.98 Å². The molecule has 0 fully saturated rings. The first-order valence-electron chi connectivity index (χ1n) is 3.93. The van der Waals surface area contributed by atoms with Gasteiger partial charge in [-0.1, -0.05) is 17.7 Å². The summed E-state index contributed by atoms with van der Waals surface area (Å²) in [5.41, 5.74) is 3.33. The van der Waals surface area contributed by atoms with Crippen molar-refractivity contribution in [3.8, 4) is 0 Å². The van der Waals surface area contributed by atoms with Crippen LogP contribution in [0.3, 0.4) is 0 Å². The first kappa shape index (κ1) is 9.95. The fourth-order valence-corrected chi connectivity index (χ4v) is 1.97. The molecule has 3 N–H and O–H groups in total.